The van der Waals surface area contributed by atoms with Crippen molar-refractivity contribution >= 4 is 23.2 Å². The lowest BCUT2D eigenvalue weighted by Gasteiger charge is -2.15. The Balaban J connectivity index is 1.56. The van der Waals surface area contributed by atoms with Crippen molar-refractivity contribution in [1.82, 2.24) is 10.2 Å². The minimum Gasteiger partial charge on any atom is -0.467 e. The van der Waals surface area contributed by atoms with E-state index >= 15 is 0 Å². The van der Waals surface area contributed by atoms with Crippen LogP contribution in [0.5, 0.6) is 0 Å². The summed E-state index contributed by atoms with van der Waals surface area (Å²) < 4.78 is 5.18. The number of nitrogens with zero attached hydrogens (tertiary/aromatic N) is 1. The predicted octanol–water partition coefficient (Wildman–Crippen LogP) is 3.39. The second-order valence-corrected chi connectivity index (χ2v) is 7.63. The van der Waals surface area contributed by atoms with Gasteiger partial charge in [0.05, 0.1) is 24.2 Å². The van der Waals surface area contributed by atoms with Crippen molar-refractivity contribution in [3.8, 4) is 0 Å². The first-order valence-electron chi connectivity index (χ1n) is 8.79. The lowest BCUT2D eigenvalue weighted by Crippen LogP contribution is -2.37. The molecular formula is C19H24N2O3S. The number of aryl methyl sites for hydroxylation is 2. The largest absolute Gasteiger partial charge is 0.467 e. The number of nitrogens with one attached hydrogen (secondary N) is 1. The zero-order chi connectivity index (χ0) is 17.6. The maximum absolute atomic E-state index is 12.6. The highest BCUT2D eigenvalue weighted by molar-refractivity contribution is 7.14. The molecule has 2 amide bonds. The topological polar surface area (TPSA) is 62.6 Å². The zero-order valence-corrected chi connectivity index (χ0v) is 15.4. The van der Waals surface area contributed by atoms with Gasteiger partial charge in [0.2, 0.25) is 5.91 Å². The van der Waals surface area contributed by atoms with Crippen molar-refractivity contribution in [2.45, 2.75) is 45.1 Å². The number of rotatable bonds is 5. The van der Waals surface area contributed by atoms with E-state index < -0.39 is 0 Å². The van der Waals surface area contributed by atoms with Crippen molar-refractivity contribution in [3.05, 3.63) is 45.5 Å². The Hall–Kier alpha value is -2.08. The Labute approximate surface area is 152 Å². The van der Waals surface area contributed by atoms with E-state index in [0.29, 0.717) is 12.3 Å². The SMILES string of the molecule is CN(CC(=O)NCc1ccco1)C(=O)c1cc2c(s1)CCCCCC2. The fraction of sp³-hybridized carbons (Fsp3) is 0.474. The number of hydrogen-bond donors (Lipinski definition) is 1. The molecule has 0 bridgehead atoms. The van der Waals surface area contributed by atoms with E-state index in [9.17, 15) is 9.59 Å². The van der Waals surface area contributed by atoms with Crippen LogP contribution in [0, 0.1) is 0 Å². The summed E-state index contributed by atoms with van der Waals surface area (Å²) in [7, 11) is 1.67. The Kier molecular flexibility index (Phi) is 5.91. The molecule has 1 N–H and O–H groups in total. The molecule has 134 valence electrons. The second kappa shape index (κ2) is 8.34. The molecule has 2 aromatic rings. The molecule has 0 aromatic carbocycles. The Morgan fingerprint density at radius 1 is 1.24 bits per heavy atom. The smallest absolute Gasteiger partial charge is 0.264 e. The molecule has 6 heteroatoms. The van der Waals surface area contributed by atoms with E-state index in [1.54, 1.807) is 36.8 Å². The maximum Gasteiger partial charge on any atom is 0.264 e. The molecule has 0 saturated carbocycles. The van der Waals surface area contributed by atoms with Crippen LogP contribution in [0.25, 0.3) is 0 Å². The van der Waals surface area contributed by atoms with Crippen LogP contribution in [0.1, 0.15) is 51.6 Å². The average Bonchev–Trinajstić information content (AvgIpc) is 3.22. The van der Waals surface area contributed by atoms with Gasteiger partial charge in [-0.05, 0) is 49.4 Å². The van der Waals surface area contributed by atoms with Gasteiger partial charge in [-0.15, -0.1) is 11.3 Å². The third-order valence-corrected chi connectivity index (χ3v) is 5.70. The fourth-order valence-electron chi connectivity index (χ4n) is 3.08. The van der Waals surface area contributed by atoms with Crippen LogP contribution in [-0.4, -0.2) is 30.3 Å². The van der Waals surface area contributed by atoms with E-state index in [1.807, 2.05) is 6.07 Å². The van der Waals surface area contributed by atoms with Crippen LogP contribution in [0.2, 0.25) is 0 Å². The molecule has 25 heavy (non-hydrogen) atoms. The lowest BCUT2D eigenvalue weighted by molar-refractivity contribution is -0.121. The summed E-state index contributed by atoms with van der Waals surface area (Å²) in [6.45, 7) is 0.378. The Morgan fingerprint density at radius 3 is 2.80 bits per heavy atom. The van der Waals surface area contributed by atoms with E-state index in [4.69, 9.17) is 4.42 Å². The van der Waals surface area contributed by atoms with Gasteiger partial charge in [-0.1, -0.05) is 12.8 Å². The number of furan rings is 1. The first-order chi connectivity index (χ1) is 12.1. The predicted molar refractivity (Wildman–Crippen MR) is 97.7 cm³/mol. The molecule has 0 unspecified atom stereocenters. The van der Waals surface area contributed by atoms with Crippen LogP contribution >= 0.6 is 11.3 Å². The lowest BCUT2D eigenvalue weighted by atomic mass is 10.00. The van der Waals surface area contributed by atoms with Crippen LogP contribution in [0.15, 0.2) is 28.9 Å². The van der Waals surface area contributed by atoms with Crippen molar-refractivity contribution in [2.24, 2.45) is 0 Å². The molecule has 3 rings (SSSR count). The van der Waals surface area contributed by atoms with Gasteiger partial charge in [0.25, 0.3) is 5.91 Å². The van der Waals surface area contributed by atoms with Crippen molar-refractivity contribution < 1.29 is 14.0 Å². The first-order valence-corrected chi connectivity index (χ1v) is 9.61. The summed E-state index contributed by atoms with van der Waals surface area (Å²) in [4.78, 5) is 28.2. The van der Waals surface area contributed by atoms with Crippen LogP contribution in [0.4, 0.5) is 0 Å². The minimum absolute atomic E-state index is 0.0438. The Morgan fingerprint density at radius 2 is 2.04 bits per heavy atom. The molecule has 0 aliphatic heterocycles. The van der Waals surface area contributed by atoms with E-state index in [2.05, 4.69) is 5.32 Å². The molecule has 2 heterocycles. The minimum atomic E-state index is -0.192. The molecular weight excluding hydrogens is 336 g/mol. The van der Waals surface area contributed by atoms with Crippen molar-refractivity contribution in [1.29, 1.82) is 0 Å². The molecule has 0 fully saturated rings. The number of carbonyl (C=O) groups is 2. The summed E-state index contributed by atoms with van der Waals surface area (Å²) >= 11 is 1.59. The van der Waals surface area contributed by atoms with Crippen LogP contribution < -0.4 is 5.32 Å². The fourth-order valence-corrected chi connectivity index (χ4v) is 4.33. The number of likely N-dealkylation sites (N-methyl/N-ethyl adjacent to an activating group) is 1. The van der Waals surface area contributed by atoms with E-state index in [0.717, 1.165) is 17.7 Å². The quantitative estimate of drug-likeness (QED) is 0.889. The zero-order valence-electron chi connectivity index (χ0n) is 14.5. The Bertz CT molecular complexity index is 696. The monoisotopic (exact) mass is 360 g/mol. The number of hydrogen-bond acceptors (Lipinski definition) is 4. The maximum atomic E-state index is 12.6. The number of carbonyl (C=O) groups excluding carboxylic acids is 2. The van der Waals surface area contributed by atoms with Gasteiger partial charge in [-0.2, -0.15) is 0 Å². The molecule has 2 aromatic heterocycles. The standard InChI is InChI=1S/C19H24N2O3S/c1-21(13-18(22)20-12-15-8-6-10-24-15)19(23)17-11-14-7-4-2-3-5-9-16(14)25-17/h6,8,10-11H,2-5,7,9,12-13H2,1H3,(H,20,22). The highest BCUT2D eigenvalue weighted by atomic mass is 32.1. The molecule has 1 aliphatic rings. The summed E-state index contributed by atoms with van der Waals surface area (Å²) in [6, 6.07) is 5.61. The van der Waals surface area contributed by atoms with Gasteiger partial charge in [0.1, 0.15) is 5.76 Å². The van der Waals surface area contributed by atoms with Gasteiger partial charge < -0.3 is 14.6 Å². The van der Waals surface area contributed by atoms with Crippen LogP contribution in [0.3, 0.4) is 0 Å². The summed E-state index contributed by atoms with van der Waals surface area (Å²) in [5.74, 6) is 0.424. The molecule has 0 radical (unpaired) electrons. The normalized spacial score (nSPS) is 14.3. The molecule has 0 atom stereocenters. The van der Waals surface area contributed by atoms with E-state index in [-0.39, 0.29) is 18.4 Å². The van der Waals surface area contributed by atoms with E-state index in [1.165, 1.54) is 41.0 Å². The average molecular weight is 360 g/mol. The van der Waals surface area contributed by atoms with Crippen LogP contribution in [-0.2, 0) is 24.2 Å². The van der Waals surface area contributed by atoms with Gasteiger partial charge in [0, 0.05) is 11.9 Å². The van der Waals surface area contributed by atoms with Gasteiger partial charge in [-0.25, -0.2) is 0 Å². The summed E-state index contributed by atoms with van der Waals surface area (Å²) in [5, 5.41) is 2.76. The van der Waals surface area contributed by atoms with Gasteiger partial charge in [0.15, 0.2) is 0 Å². The molecule has 5 nitrogen and oxygen atoms in total. The van der Waals surface area contributed by atoms with Crippen molar-refractivity contribution in [3.63, 3.8) is 0 Å². The number of thiophene rings is 1. The van der Waals surface area contributed by atoms with Crippen molar-refractivity contribution in [2.75, 3.05) is 13.6 Å². The molecule has 0 saturated heterocycles. The highest BCUT2D eigenvalue weighted by Gasteiger charge is 2.20. The molecule has 0 spiro atoms. The van der Waals surface area contributed by atoms with Gasteiger partial charge in [-0.3, -0.25) is 9.59 Å². The second-order valence-electron chi connectivity index (χ2n) is 6.49. The summed E-state index contributed by atoms with van der Waals surface area (Å²) in [5.41, 5.74) is 1.32. The number of amides is 2. The highest BCUT2D eigenvalue weighted by Crippen LogP contribution is 2.29. The van der Waals surface area contributed by atoms with Gasteiger partial charge >= 0.3 is 0 Å². The first kappa shape index (κ1) is 17.7. The third-order valence-electron chi connectivity index (χ3n) is 4.47. The third kappa shape index (κ3) is 4.72. The number of fused-ring (bicyclic) bond motifs is 1. The summed E-state index contributed by atoms with van der Waals surface area (Å²) in [6.07, 6.45) is 8.65. The molecule has 1 aliphatic carbocycles.